The molecule has 0 aromatic heterocycles. The van der Waals surface area contributed by atoms with Crippen molar-refractivity contribution >= 4 is 22.9 Å². The molecule has 0 aliphatic heterocycles. The lowest BCUT2D eigenvalue weighted by Crippen LogP contribution is -2.12. The molecule has 0 unspecified atom stereocenters. The fourth-order valence-corrected chi connectivity index (χ4v) is 1.25. The SMILES string of the molecule is CC(C)CNc1ccc(C(N)=S)cc1F. The van der Waals surface area contributed by atoms with Gasteiger partial charge >= 0.3 is 0 Å². The molecule has 0 fully saturated rings. The Morgan fingerprint density at radius 1 is 1.53 bits per heavy atom. The molecule has 4 heteroatoms. The number of halogens is 1. The van der Waals surface area contributed by atoms with E-state index in [1.165, 1.54) is 6.07 Å². The highest BCUT2D eigenvalue weighted by atomic mass is 32.1. The van der Waals surface area contributed by atoms with Gasteiger partial charge in [0.2, 0.25) is 0 Å². The maximum atomic E-state index is 13.5. The predicted octanol–water partition coefficient (Wildman–Crippen LogP) is 2.53. The van der Waals surface area contributed by atoms with Gasteiger partial charge in [0.15, 0.2) is 0 Å². The molecule has 0 amide bonds. The van der Waals surface area contributed by atoms with Crippen molar-refractivity contribution in [2.75, 3.05) is 11.9 Å². The van der Waals surface area contributed by atoms with Crippen LogP contribution < -0.4 is 11.1 Å². The molecule has 0 bridgehead atoms. The zero-order chi connectivity index (χ0) is 11.4. The molecule has 1 aromatic rings. The van der Waals surface area contributed by atoms with Gasteiger partial charge in [0, 0.05) is 12.1 Å². The van der Waals surface area contributed by atoms with Crippen molar-refractivity contribution in [1.29, 1.82) is 0 Å². The minimum atomic E-state index is -0.319. The number of benzene rings is 1. The summed E-state index contributed by atoms with van der Waals surface area (Å²) in [6.45, 7) is 4.87. The van der Waals surface area contributed by atoms with Gasteiger partial charge in [0.05, 0.1) is 5.69 Å². The largest absolute Gasteiger partial charge is 0.389 e. The quantitative estimate of drug-likeness (QED) is 0.775. The van der Waals surface area contributed by atoms with E-state index >= 15 is 0 Å². The zero-order valence-corrected chi connectivity index (χ0v) is 9.70. The van der Waals surface area contributed by atoms with Crippen LogP contribution >= 0.6 is 12.2 Å². The van der Waals surface area contributed by atoms with Crippen molar-refractivity contribution in [3.8, 4) is 0 Å². The second kappa shape index (κ2) is 5.07. The van der Waals surface area contributed by atoms with Gasteiger partial charge in [-0.1, -0.05) is 26.1 Å². The summed E-state index contributed by atoms with van der Waals surface area (Å²) < 4.78 is 13.5. The van der Waals surface area contributed by atoms with E-state index < -0.39 is 0 Å². The van der Waals surface area contributed by atoms with Crippen LogP contribution in [0, 0.1) is 11.7 Å². The van der Waals surface area contributed by atoms with Gasteiger partial charge in [0.1, 0.15) is 10.8 Å². The smallest absolute Gasteiger partial charge is 0.146 e. The zero-order valence-electron chi connectivity index (χ0n) is 8.88. The minimum Gasteiger partial charge on any atom is -0.389 e. The molecule has 3 N–H and O–H groups in total. The summed E-state index contributed by atoms with van der Waals surface area (Å²) in [5.74, 6) is 0.153. The lowest BCUT2D eigenvalue weighted by Gasteiger charge is -2.10. The Morgan fingerprint density at radius 3 is 2.67 bits per heavy atom. The molecule has 1 aromatic carbocycles. The van der Waals surface area contributed by atoms with Crippen molar-refractivity contribution in [3.63, 3.8) is 0 Å². The monoisotopic (exact) mass is 226 g/mol. The average molecular weight is 226 g/mol. The van der Waals surface area contributed by atoms with Crippen LogP contribution in [0.3, 0.4) is 0 Å². The maximum Gasteiger partial charge on any atom is 0.146 e. The van der Waals surface area contributed by atoms with Crippen molar-refractivity contribution in [2.45, 2.75) is 13.8 Å². The Labute approximate surface area is 94.7 Å². The standard InChI is InChI=1S/C11H15FN2S/c1-7(2)6-14-10-4-3-8(11(13)15)5-9(10)12/h3-5,7,14H,6H2,1-2H3,(H2,13,15). The van der Waals surface area contributed by atoms with E-state index in [2.05, 4.69) is 19.2 Å². The van der Waals surface area contributed by atoms with Crippen LogP contribution in [0.4, 0.5) is 10.1 Å². The first kappa shape index (κ1) is 11.9. The predicted molar refractivity (Wildman–Crippen MR) is 65.6 cm³/mol. The third-order valence-electron chi connectivity index (χ3n) is 1.95. The molecule has 0 spiro atoms. The number of hydrogen-bond acceptors (Lipinski definition) is 2. The molecule has 82 valence electrons. The van der Waals surface area contributed by atoms with Crippen LogP contribution in [0.2, 0.25) is 0 Å². The van der Waals surface area contributed by atoms with Gasteiger partial charge in [0.25, 0.3) is 0 Å². The Morgan fingerprint density at radius 2 is 2.20 bits per heavy atom. The molecule has 0 saturated heterocycles. The van der Waals surface area contributed by atoms with E-state index in [-0.39, 0.29) is 10.8 Å². The number of nitrogens with two attached hydrogens (primary N) is 1. The van der Waals surface area contributed by atoms with Crippen LogP contribution in [0.25, 0.3) is 0 Å². The van der Waals surface area contributed by atoms with Crippen LogP contribution in [-0.2, 0) is 0 Å². The summed E-state index contributed by atoms with van der Waals surface area (Å²) in [5, 5.41) is 3.02. The van der Waals surface area contributed by atoms with E-state index in [1.807, 2.05) is 0 Å². The Kier molecular flexibility index (Phi) is 4.03. The highest BCUT2D eigenvalue weighted by molar-refractivity contribution is 7.80. The summed E-state index contributed by atoms with van der Waals surface area (Å²) in [5.41, 5.74) is 6.44. The number of thiocarbonyl (C=S) groups is 1. The van der Waals surface area contributed by atoms with Gasteiger partial charge in [-0.2, -0.15) is 0 Å². The van der Waals surface area contributed by atoms with Gasteiger partial charge < -0.3 is 11.1 Å². The lowest BCUT2D eigenvalue weighted by molar-refractivity contribution is 0.623. The maximum absolute atomic E-state index is 13.5. The summed E-state index contributed by atoms with van der Waals surface area (Å²) >= 11 is 4.76. The third kappa shape index (κ3) is 3.47. The Bertz CT molecular complexity index is 364. The van der Waals surface area contributed by atoms with Crippen molar-refractivity contribution in [1.82, 2.24) is 0 Å². The highest BCUT2D eigenvalue weighted by Crippen LogP contribution is 2.16. The fourth-order valence-electron chi connectivity index (χ4n) is 1.13. The summed E-state index contributed by atoms with van der Waals surface area (Å²) in [4.78, 5) is 0.212. The number of nitrogens with one attached hydrogen (secondary N) is 1. The van der Waals surface area contributed by atoms with Crippen molar-refractivity contribution < 1.29 is 4.39 Å². The molecule has 0 saturated carbocycles. The summed E-state index contributed by atoms with van der Waals surface area (Å²) in [7, 11) is 0. The van der Waals surface area contributed by atoms with E-state index in [0.29, 0.717) is 17.2 Å². The van der Waals surface area contributed by atoms with E-state index in [1.54, 1.807) is 12.1 Å². The highest BCUT2D eigenvalue weighted by Gasteiger charge is 2.05. The van der Waals surface area contributed by atoms with E-state index in [0.717, 1.165) is 6.54 Å². The van der Waals surface area contributed by atoms with Gasteiger partial charge in [-0.05, 0) is 24.1 Å². The molecule has 0 atom stereocenters. The van der Waals surface area contributed by atoms with Crippen molar-refractivity contribution in [3.05, 3.63) is 29.6 Å². The van der Waals surface area contributed by atoms with E-state index in [4.69, 9.17) is 18.0 Å². The van der Waals surface area contributed by atoms with Gasteiger partial charge in [-0.3, -0.25) is 0 Å². The Balaban J connectivity index is 2.79. The van der Waals surface area contributed by atoms with Crippen LogP contribution in [-0.4, -0.2) is 11.5 Å². The van der Waals surface area contributed by atoms with Crippen LogP contribution in [0.15, 0.2) is 18.2 Å². The van der Waals surface area contributed by atoms with Crippen LogP contribution in [0.1, 0.15) is 19.4 Å². The summed E-state index contributed by atoms with van der Waals surface area (Å²) in [6.07, 6.45) is 0. The number of rotatable bonds is 4. The third-order valence-corrected chi connectivity index (χ3v) is 2.19. The molecular formula is C11H15FN2S. The topological polar surface area (TPSA) is 38.0 Å². The molecule has 1 rings (SSSR count). The second-order valence-corrected chi connectivity index (χ2v) is 4.27. The van der Waals surface area contributed by atoms with Gasteiger partial charge in [-0.25, -0.2) is 4.39 Å². The fraction of sp³-hybridized carbons (Fsp3) is 0.364. The molecule has 0 aliphatic carbocycles. The normalized spacial score (nSPS) is 10.4. The van der Waals surface area contributed by atoms with E-state index in [9.17, 15) is 4.39 Å². The first-order chi connectivity index (χ1) is 7.00. The number of anilines is 1. The lowest BCUT2D eigenvalue weighted by atomic mass is 10.1. The first-order valence-corrected chi connectivity index (χ1v) is 5.24. The van der Waals surface area contributed by atoms with Crippen LogP contribution in [0.5, 0.6) is 0 Å². The summed E-state index contributed by atoms with van der Waals surface area (Å²) in [6, 6.07) is 4.73. The minimum absolute atomic E-state index is 0.212. The van der Waals surface area contributed by atoms with Gasteiger partial charge in [-0.15, -0.1) is 0 Å². The number of hydrogen-bond donors (Lipinski definition) is 2. The molecule has 0 heterocycles. The molecule has 2 nitrogen and oxygen atoms in total. The second-order valence-electron chi connectivity index (χ2n) is 3.83. The molecule has 15 heavy (non-hydrogen) atoms. The Hall–Kier alpha value is -1.16. The molecule has 0 aliphatic rings. The molecular weight excluding hydrogens is 211 g/mol. The van der Waals surface area contributed by atoms with Crippen molar-refractivity contribution in [2.24, 2.45) is 11.7 Å². The first-order valence-electron chi connectivity index (χ1n) is 4.84. The molecule has 0 radical (unpaired) electrons. The average Bonchev–Trinajstić information content (AvgIpc) is 2.15.